The zero-order valence-corrected chi connectivity index (χ0v) is 15.9. The van der Waals surface area contributed by atoms with Crippen LogP contribution >= 0.6 is 12.4 Å². The second-order valence-corrected chi connectivity index (χ2v) is 6.73. The van der Waals surface area contributed by atoms with Crippen molar-refractivity contribution in [2.24, 2.45) is 5.92 Å². The average molecular weight is 375 g/mol. The van der Waals surface area contributed by atoms with E-state index in [0.29, 0.717) is 13.2 Å². The van der Waals surface area contributed by atoms with Crippen LogP contribution in [0.5, 0.6) is 0 Å². The number of amides is 1. The molecule has 0 aromatic heterocycles. The number of carbonyl (C=O) groups is 1. The van der Waals surface area contributed by atoms with Gasteiger partial charge >= 0.3 is 0 Å². The summed E-state index contributed by atoms with van der Waals surface area (Å²) in [6.45, 7) is 3.40. The van der Waals surface area contributed by atoms with Gasteiger partial charge < -0.3 is 15.8 Å². The number of aryl methyl sites for hydroxylation is 1. The number of ether oxygens (including phenoxy) is 1. The van der Waals surface area contributed by atoms with E-state index in [1.54, 1.807) is 0 Å². The Balaban J connectivity index is 0.00000243. The largest absolute Gasteiger partial charge is 0.399 e. The molecule has 3 N–H and O–H groups in total. The average Bonchev–Trinajstić information content (AvgIpc) is 2.64. The summed E-state index contributed by atoms with van der Waals surface area (Å²) in [7, 11) is 0. The van der Waals surface area contributed by atoms with Gasteiger partial charge in [0.2, 0.25) is 5.91 Å². The molecule has 1 aliphatic heterocycles. The number of hydrogen-bond donors (Lipinski definition) is 2. The van der Waals surface area contributed by atoms with Crippen molar-refractivity contribution in [3.63, 3.8) is 0 Å². The van der Waals surface area contributed by atoms with Gasteiger partial charge in [0.25, 0.3) is 0 Å². The van der Waals surface area contributed by atoms with Crippen molar-refractivity contribution in [2.75, 3.05) is 18.9 Å². The van der Waals surface area contributed by atoms with Crippen LogP contribution in [0.4, 0.5) is 5.69 Å². The fourth-order valence-electron chi connectivity index (χ4n) is 3.28. The second kappa shape index (κ2) is 9.60. The highest BCUT2D eigenvalue weighted by Gasteiger charge is 2.32. The van der Waals surface area contributed by atoms with Crippen LogP contribution < -0.4 is 11.1 Å². The fourth-order valence-corrected chi connectivity index (χ4v) is 3.28. The third-order valence-corrected chi connectivity index (χ3v) is 4.76. The third-order valence-electron chi connectivity index (χ3n) is 4.76. The summed E-state index contributed by atoms with van der Waals surface area (Å²) in [6, 6.07) is 16.1. The molecule has 2 unspecified atom stereocenters. The first-order valence-corrected chi connectivity index (χ1v) is 8.94. The fraction of sp³-hybridized carbons (Fsp3) is 0.381. The minimum absolute atomic E-state index is 0. The van der Waals surface area contributed by atoms with Gasteiger partial charge in [0.1, 0.15) is 0 Å². The van der Waals surface area contributed by atoms with E-state index in [2.05, 4.69) is 36.5 Å². The van der Waals surface area contributed by atoms with Crippen molar-refractivity contribution >= 4 is 24.0 Å². The normalized spacial score (nSPS) is 19.4. The molecule has 2 aromatic carbocycles. The van der Waals surface area contributed by atoms with Crippen LogP contribution in [0, 0.1) is 12.8 Å². The van der Waals surface area contributed by atoms with E-state index in [-0.39, 0.29) is 30.3 Å². The SMILES string of the molecule is Cc1ccc(C2OCCCC2C(=O)NCCc2ccc(N)cc2)cc1.Cl. The highest BCUT2D eigenvalue weighted by molar-refractivity contribution is 5.85. The maximum absolute atomic E-state index is 12.7. The molecular formula is C21H27ClN2O2. The van der Waals surface area contributed by atoms with Crippen molar-refractivity contribution in [1.82, 2.24) is 5.32 Å². The van der Waals surface area contributed by atoms with Crippen LogP contribution in [0.15, 0.2) is 48.5 Å². The summed E-state index contributed by atoms with van der Waals surface area (Å²) in [5, 5.41) is 3.08. The lowest BCUT2D eigenvalue weighted by Crippen LogP contribution is -2.38. The molecule has 0 saturated carbocycles. The van der Waals surface area contributed by atoms with E-state index in [1.165, 1.54) is 11.1 Å². The Hall–Kier alpha value is -2.04. The predicted molar refractivity (Wildman–Crippen MR) is 107 cm³/mol. The molecule has 1 heterocycles. The van der Waals surface area contributed by atoms with Crippen molar-refractivity contribution < 1.29 is 9.53 Å². The number of halogens is 1. The Kier molecular flexibility index (Phi) is 7.49. The molecule has 1 aliphatic rings. The van der Waals surface area contributed by atoms with Gasteiger partial charge in [-0.1, -0.05) is 42.0 Å². The Labute approximate surface area is 161 Å². The topological polar surface area (TPSA) is 64.3 Å². The summed E-state index contributed by atoms with van der Waals surface area (Å²) in [5.41, 5.74) is 9.92. The summed E-state index contributed by atoms with van der Waals surface area (Å²) < 4.78 is 5.94. The van der Waals surface area contributed by atoms with Crippen LogP contribution in [-0.2, 0) is 16.0 Å². The third kappa shape index (κ3) is 5.23. The maximum Gasteiger partial charge on any atom is 0.226 e. The van der Waals surface area contributed by atoms with Gasteiger partial charge in [-0.3, -0.25) is 4.79 Å². The van der Waals surface area contributed by atoms with Crippen molar-refractivity contribution in [2.45, 2.75) is 32.3 Å². The molecule has 4 nitrogen and oxygen atoms in total. The van der Waals surface area contributed by atoms with E-state index in [0.717, 1.165) is 30.5 Å². The van der Waals surface area contributed by atoms with Gasteiger partial charge in [0, 0.05) is 18.8 Å². The number of carbonyl (C=O) groups excluding carboxylic acids is 1. The Morgan fingerprint density at radius 3 is 2.54 bits per heavy atom. The van der Waals surface area contributed by atoms with E-state index >= 15 is 0 Å². The van der Waals surface area contributed by atoms with Crippen molar-refractivity contribution in [1.29, 1.82) is 0 Å². The molecule has 1 saturated heterocycles. The quantitative estimate of drug-likeness (QED) is 0.782. The van der Waals surface area contributed by atoms with Gasteiger partial charge in [-0.05, 0) is 49.4 Å². The number of nitrogens with one attached hydrogen (secondary N) is 1. The lowest BCUT2D eigenvalue weighted by molar-refractivity contribution is -0.134. The highest BCUT2D eigenvalue weighted by Crippen LogP contribution is 2.33. The lowest BCUT2D eigenvalue weighted by atomic mass is 9.88. The Bertz CT molecular complexity index is 701. The van der Waals surface area contributed by atoms with Crippen molar-refractivity contribution in [3.05, 3.63) is 65.2 Å². The molecule has 0 aliphatic carbocycles. The monoisotopic (exact) mass is 374 g/mol. The molecule has 2 aromatic rings. The summed E-state index contributed by atoms with van der Waals surface area (Å²) in [5.74, 6) is -0.0383. The van der Waals surface area contributed by atoms with E-state index in [9.17, 15) is 4.79 Å². The van der Waals surface area contributed by atoms with Crippen LogP contribution in [0.25, 0.3) is 0 Å². The molecule has 140 valence electrons. The summed E-state index contributed by atoms with van der Waals surface area (Å²) in [6.07, 6.45) is 2.45. The lowest BCUT2D eigenvalue weighted by Gasteiger charge is -2.31. The van der Waals surface area contributed by atoms with E-state index in [4.69, 9.17) is 10.5 Å². The number of nitrogen functional groups attached to an aromatic ring is 1. The molecule has 26 heavy (non-hydrogen) atoms. The smallest absolute Gasteiger partial charge is 0.226 e. The molecule has 5 heteroatoms. The zero-order chi connectivity index (χ0) is 17.6. The maximum atomic E-state index is 12.7. The van der Waals surface area contributed by atoms with Crippen LogP contribution in [0.1, 0.15) is 35.6 Å². The predicted octanol–water partition coefficient (Wildman–Crippen LogP) is 3.83. The van der Waals surface area contributed by atoms with Gasteiger partial charge in [-0.15, -0.1) is 12.4 Å². The zero-order valence-electron chi connectivity index (χ0n) is 15.1. The highest BCUT2D eigenvalue weighted by atomic mass is 35.5. The Morgan fingerprint density at radius 1 is 1.15 bits per heavy atom. The van der Waals surface area contributed by atoms with Crippen molar-refractivity contribution in [3.8, 4) is 0 Å². The molecular weight excluding hydrogens is 348 g/mol. The standard InChI is InChI=1S/C21H26N2O2.ClH/c1-15-4-8-17(9-5-15)20-19(3-2-14-25-20)21(24)23-13-12-16-6-10-18(22)11-7-16;/h4-11,19-20H,2-3,12-14,22H2,1H3,(H,23,24);1H. The summed E-state index contributed by atoms with van der Waals surface area (Å²) >= 11 is 0. The molecule has 0 spiro atoms. The van der Waals surface area contributed by atoms with Crippen LogP contribution in [0.2, 0.25) is 0 Å². The van der Waals surface area contributed by atoms with Crippen LogP contribution in [0.3, 0.4) is 0 Å². The van der Waals surface area contributed by atoms with Gasteiger partial charge in [0.05, 0.1) is 12.0 Å². The Morgan fingerprint density at radius 2 is 1.85 bits per heavy atom. The first-order chi connectivity index (χ1) is 12.1. The molecule has 3 rings (SSSR count). The number of benzene rings is 2. The first-order valence-electron chi connectivity index (χ1n) is 8.94. The first kappa shape index (κ1) is 20.3. The molecule has 1 fully saturated rings. The molecule has 2 atom stereocenters. The molecule has 1 amide bonds. The number of anilines is 1. The summed E-state index contributed by atoms with van der Waals surface area (Å²) in [4.78, 5) is 12.7. The van der Waals surface area contributed by atoms with E-state index in [1.807, 2.05) is 24.3 Å². The number of nitrogens with two attached hydrogens (primary N) is 1. The minimum atomic E-state index is -0.147. The minimum Gasteiger partial charge on any atom is -0.399 e. The molecule has 0 radical (unpaired) electrons. The van der Waals surface area contributed by atoms with Gasteiger partial charge in [-0.25, -0.2) is 0 Å². The second-order valence-electron chi connectivity index (χ2n) is 6.73. The number of hydrogen-bond acceptors (Lipinski definition) is 3. The van der Waals surface area contributed by atoms with Gasteiger partial charge in [-0.2, -0.15) is 0 Å². The molecule has 0 bridgehead atoms. The van der Waals surface area contributed by atoms with Gasteiger partial charge in [0.15, 0.2) is 0 Å². The van der Waals surface area contributed by atoms with Crippen LogP contribution in [-0.4, -0.2) is 19.1 Å². The number of rotatable bonds is 5. The van der Waals surface area contributed by atoms with E-state index < -0.39 is 0 Å².